The molecule has 1 amide bonds. The van der Waals surface area contributed by atoms with Crippen LogP contribution in [0, 0.1) is 5.92 Å². The Hall–Kier alpha value is -0.790. The van der Waals surface area contributed by atoms with E-state index >= 15 is 0 Å². The predicted octanol–water partition coefficient (Wildman–Crippen LogP) is 1.09. The normalized spacial score (nSPS) is 30.7. The molecule has 1 fully saturated rings. The lowest BCUT2D eigenvalue weighted by atomic mass is 9.86. The number of carbonyl (C=O) groups is 1. The fourth-order valence-corrected chi connectivity index (χ4v) is 1.35. The lowest BCUT2D eigenvalue weighted by Crippen LogP contribution is -2.57. The summed E-state index contributed by atoms with van der Waals surface area (Å²) in [6, 6.07) is 0.370. The molecule has 0 saturated carbocycles. The molecule has 0 spiro atoms. The van der Waals surface area contributed by atoms with Gasteiger partial charge in [0.05, 0.1) is 5.92 Å². The molecule has 1 rings (SSSR count). The van der Waals surface area contributed by atoms with Crippen molar-refractivity contribution in [2.75, 3.05) is 0 Å². The van der Waals surface area contributed by atoms with Crippen molar-refractivity contribution in [1.82, 2.24) is 5.32 Å². The van der Waals surface area contributed by atoms with E-state index in [0.29, 0.717) is 6.04 Å². The zero-order chi connectivity index (χ0) is 7.56. The summed E-state index contributed by atoms with van der Waals surface area (Å²) in [6.45, 7) is 5.67. The van der Waals surface area contributed by atoms with Crippen molar-refractivity contribution in [3.63, 3.8) is 0 Å². The monoisotopic (exact) mass is 139 g/mol. The second kappa shape index (κ2) is 2.86. The molecule has 1 heterocycles. The molecule has 2 atom stereocenters. The number of β-lactam (4-membered cyclic amide) rings is 1. The summed E-state index contributed by atoms with van der Waals surface area (Å²) in [4.78, 5) is 10.8. The Labute approximate surface area is 61.3 Å². The SMILES string of the molecule is C=CC[C@H]1NC(=O)[C@@H]1CC. The van der Waals surface area contributed by atoms with Crippen LogP contribution in [0.4, 0.5) is 0 Å². The van der Waals surface area contributed by atoms with E-state index in [9.17, 15) is 4.79 Å². The Bertz CT molecular complexity index is 151. The standard InChI is InChI=1S/C8H13NO/c1-3-5-7-6(4-2)8(10)9-7/h3,6-7H,1,4-5H2,2H3,(H,9,10)/t6-,7-/m1/s1. The highest BCUT2D eigenvalue weighted by atomic mass is 16.2. The maximum Gasteiger partial charge on any atom is 0.225 e. The van der Waals surface area contributed by atoms with E-state index in [2.05, 4.69) is 11.9 Å². The summed E-state index contributed by atoms with van der Waals surface area (Å²) in [7, 11) is 0. The summed E-state index contributed by atoms with van der Waals surface area (Å²) >= 11 is 0. The first-order valence-corrected chi connectivity index (χ1v) is 3.70. The van der Waals surface area contributed by atoms with Crippen molar-refractivity contribution in [2.45, 2.75) is 25.8 Å². The van der Waals surface area contributed by atoms with Gasteiger partial charge in [-0.1, -0.05) is 13.0 Å². The van der Waals surface area contributed by atoms with Gasteiger partial charge >= 0.3 is 0 Å². The molecular formula is C8H13NO. The van der Waals surface area contributed by atoms with E-state index < -0.39 is 0 Å². The van der Waals surface area contributed by atoms with Gasteiger partial charge in [0.25, 0.3) is 0 Å². The van der Waals surface area contributed by atoms with Gasteiger partial charge in [-0.2, -0.15) is 0 Å². The Morgan fingerprint density at radius 1 is 1.80 bits per heavy atom. The first-order chi connectivity index (χ1) is 4.79. The zero-order valence-electron chi connectivity index (χ0n) is 6.26. The van der Waals surface area contributed by atoms with Crippen LogP contribution in [0.25, 0.3) is 0 Å². The summed E-state index contributed by atoms with van der Waals surface area (Å²) in [5.74, 6) is 0.451. The highest BCUT2D eigenvalue weighted by Crippen LogP contribution is 2.20. The number of rotatable bonds is 3. The van der Waals surface area contributed by atoms with Gasteiger partial charge in [0, 0.05) is 6.04 Å². The Kier molecular flexibility index (Phi) is 2.10. The Balaban J connectivity index is 2.37. The molecule has 1 aliphatic rings. The van der Waals surface area contributed by atoms with Crippen LogP contribution in [0.1, 0.15) is 19.8 Å². The highest BCUT2D eigenvalue weighted by Gasteiger charge is 2.36. The molecular weight excluding hydrogens is 126 g/mol. The number of amides is 1. The third kappa shape index (κ3) is 1.06. The van der Waals surface area contributed by atoms with Crippen LogP contribution in [0.2, 0.25) is 0 Å². The van der Waals surface area contributed by atoms with E-state index in [-0.39, 0.29) is 11.8 Å². The Morgan fingerprint density at radius 3 is 2.90 bits per heavy atom. The molecule has 10 heavy (non-hydrogen) atoms. The van der Waals surface area contributed by atoms with Crippen molar-refractivity contribution in [2.24, 2.45) is 5.92 Å². The third-order valence-corrected chi connectivity index (χ3v) is 2.01. The molecule has 0 radical (unpaired) electrons. The molecule has 0 bridgehead atoms. The maximum absolute atomic E-state index is 10.8. The van der Waals surface area contributed by atoms with Crippen molar-refractivity contribution >= 4 is 5.91 Å². The van der Waals surface area contributed by atoms with Gasteiger partial charge in [-0.25, -0.2) is 0 Å². The van der Waals surface area contributed by atoms with Gasteiger partial charge in [-0.05, 0) is 12.8 Å². The van der Waals surface area contributed by atoms with E-state index in [1.54, 1.807) is 0 Å². The lowest BCUT2D eigenvalue weighted by Gasteiger charge is -2.35. The number of carbonyl (C=O) groups excluding carboxylic acids is 1. The summed E-state index contributed by atoms with van der Waals surface area (Å²) < 4.78 is 0. The molecule has 0 aromatic rings. The van der Waals surface area contributed by atoms with Crippen LogP contribution in [0.3, 0.4) is 0 Å². The second-order valence-electron chi connectivity index (χ2n) is 2.65. The van der Waals surface area contributed by atoms with Gasteiger partial charge < -0.3 is 5.32 Å². The molecule has 56 valence electrons. The van der Waals surface area contributed by atoms with Crippen LogP contribution in [0.5, 0.6) is 0 Å². The average Bonchev–Trinajstić information content (AvgIpc) is 1.88. The van der Waals surface area contributed by atoms with Crippen molar-refractivity contribution in [3.05, 3.63) is 12.7 Å². The number of hydrogen-bond acceptors (Lipinski definition) is 1. The number of nitrogens with one attached hydrogen (secondary N) is 1. The minimum absolute atomic E-state index is 0.203. The van der Waals surface area contributed by atoms with Gasteiger partial charge in [-0.3, -0.25) is 4.79 Å². The van der Waals surface area contributed by atoms with Gasteiger partial charge in [0.15, 0.2) is 0 Å². The fourth-order valence-electron chi connectivity index (χ4n) is 1.35. The summed E-state index contributed by atoms with van der Waals surface area (Å²) in [5, 5.41) is 2.83. The first-order valence-electron chi connectivity index (χ1n) is 3.70. The van der Waals surface area contributed by atoms with E-state index in [4.69, 9.17) is 0 Å². The molecule has 0 aliphatic carbocycles. The minimum Gasteiger partial charge on any atom is -0.352 e. The highest BCUT2D eigenvalue weighted by molar-refractivity contribution is 5.85. The molecule has 2 heteroatoms. The average molecular weight is 139 g/mol. The smallest absolute Gasteiger partial charge is 0.225 e. The van der Waals surface area contributed by atoms with Crippen molar-refractivity contribution < 1.29 is 4.79 Å². The predicted molar refractivity (Wildman–Crippen MR) is 40.5 cm³/mol. The topological polar surface area (TPSA) is 29.1 Å². The molecule has 2 nitrogen and oxygen atoms in total. The van der Waals surface area contributed by atoms with Crippen LogP contribution < -0.4 is 5.32 Å². The Morgan fingerprint density at radius 2 is 2.50 bits per heavy atom. The largest absolute Gasteiger partial charge is 0.352 e. The fraction of sp³-hybridized carbons (Fsp3) is 0.625. The zero-order valence-corrected chi connectivity index (χ0v) is 6.26. The van der Waals surface area contributed by atoms with E-state index in [1.807, 2.05) is 13.0 Å². The molecule has 1 N–H and O–H groups in total. The van der Waals surface area contributed by atoms with Crippen LogP contribution in [-0.2, 0) is 4.79 Å². The van der Waals surface area contributed by atoms with E-state index in [0.717, 1.165) is 12.8 Å². The van der Waals surface area contributed by atoms with Crippen molar-refractivity contribution in [1.29, 1.82) is 0 Å². The van der Waals surface area contributed by atoms with Gasteiger partial charge in [0.1, 0.15) is 0 Å². The first kappa shape index (κ1) is 7.32. The minimum atomic E-state index is 0.203. The van der Waals surface area contributed by atoms with Gasteiger partial charge in [-0.15, -0.1) is 6.58 Å². The van der Waals surface area contributed by atoms with Crippen LogP contribution in [0.15, 0.2) is 12.7 Å². The molecule has 1 aliphatic heterocycles. The van der Waals surface area contributed by atoms with Gasteiger partial charge in [0.2, 0.25) is 5.91 Å². The summed E-state index contributed by atoms with van der Waals surface area (Å²) in [6.07, 6.45) is 3.71. The summed E-state index contributed by atoms with van der Waals surface area (Å²) in [5.41, 5.74) is 0. The maximum atomic E-state index is 10.8. The van der Waals surface area contributed by atoms with Crippen LogP contribution >= 0.6 is 0 Å². The molecule has 0 aromatic heterocycles. The third-order valence-electron chi connectivity index (χ3n) is 2.01. The number of hydrogen-bond donors (Lipinski definition) is 1. The lowest BCUT2D eigenvalue weighted by molar-refractivity contribution is -0.135. The van der Waals surface area contributed by atoms with Crippen LogP contribution in [-0.4, -0.2) is 11.9 Å². The molecule has 1 saturated heterocycles. The van der Waals surface area contributed by atoms with E-state index in [1.165, 1.54) is 0 Å². The van der Waals surface area contributed by atoms with Crippen molar-refractivity contribution in [3.8, 4) is 0 Å². The second-order valence-corrected chi connectivity index (χ2v) is 2.65. The quantitative estimate of drug-likeness (QED) is 0.460. The molecule has 0 aromatic carbocycles. The molecule has 0 unspecified atom stereocenters.